The van der Waals surface area contributed by atoms with E-state index < -0.39 is 0 Å². The Morgan fingerprint density at radius 3 is 2.61 bits per heavy atom. The number of carbonyl (C=O) groups is 1. The van der Waals surface area contributed by atoms with Gasteiger partial charge >= 0.3 is 0 Å². The van der Waals surface area contributed by atoms with Crippen LogP contribution in [-0.2, 0) is 16.1 Å². The Kier molecular flexibility index (Phi) is 11.6. The van der Waals surface area contributed by atoms with E-state index in [9.17, 15) is 4.79 Å². The number of rotatable bonds is 14. The van der Waals surface area contributed by atoms with Gasteiger partial charge in [0.15, 0.2) is 0 Å². The third-order valence-electron chi connectivity index (χ3n) is 6.63. The molecule has 1 saturated carbocycles. The van der Waals surface area contributed by atoms with Gasteiger partial charge in [-0.3, -0.25) is 9.89 Å². The van der Waals surface area contributed by atoms with Crippen molar-refractivity contribution in [2.24, 2.45) is 5.92 Å². The van der Waals surface area contributed by atoms with Crippen LogP contribution in [0.5, 0.6) is 0 Å². The molecule has 0 saturated heterocycles. The number of ether oxygens (including phenoxy) is 1. The zero-order valence-electron chi connectivity index (χ0n) is 20.7. The van der Waals surface area contributed by atoms with E-state index in [-0.39, 0.29) is 0 Å². The molecular weight excluding hydrogens is 388 g/mol. The minimum atomic E-state index is 0.327. The van der Waals surface area contributed by atoms with Crippen molar-refractivity contribution in [1.82, 2.24) is 20.0 Å². The summed E-state index contributed by atoms with van der Waals surface area (Å²) in [5.41, 5.74) is 2.66. The average molecular weight is 435 g/mol. The number of nitrogens with one attached hydrogen (secondary N) is 1. The van der Waals surface area contributed by atoms with Gasteiger partial charge in [-0.25, -0.2) is 0 Å². The van der Waals surface area contributed by atoms with E-state index in [1.807, 2.05) is 6.20 Å². The minimum Gasteiger partial charge on any atom is -0.385 e. The van der Waals surface area contributed by atoms with Crippen molar-refractivity contribution >= 4 is 5.91 Å². The minimum absolute atomic E-state index is 0.327. The molecule has 1 aliphatic rings. The third kappa shape index (κ3) is 8.57. The predicted molar refractivity (Wildman–Crippen MR) is 127 cm³/mol. The Morgan fingerprint density at radius 1 is 1.23 bits per heavy atom. The van der Waals surface area contributed by atoms with Crippen LogP contribution >= 0.6 is 0 Å². The number of unbranched alkanes of at least 4 members (excludes halogenated alkanes) is 1. The van der Waals surface area contributed by atoms with Gasteiger partial charge < -0.3 is 14.5 Å². The monoisotopic (exact) mass is 434 g/mol. The lowest BCUT2D eigenvalue weighted by molar-refractivity contribution is -0.134. The van der Waals surface area contributed by atoms with Crippen LogP contribution in [0.25, 0.3) is 0 Å². The highest BCUT2D eigenvalue weighted by Gasteiger charge is 2.30. The van der Waals surface area contributed by atoms with E-state index in [1.165, 1.54) is 24.1 Å². The summed E-state index contributed by atoms with van der Waals surface area (Å²) < 4.78 is 5.24. The normalized spacial score (nSPS) is 19.3. The second kappa shape index (κ2) is 13.9. The highest BCUT2D eigenvalue weighted by molar-refractivity contribution is 5.76. The lowest BCUT2D eigenvalue weighted by Crippen LogP contribution is -2.43. The van der Waals surface area contributed by atoms with Crippen molar-refractivity contribution in [3.8, 4) is 0 Å². The molecule has 0 bridgehead atoms. The smallest absolute Gasteiger partial charge is 0.222 e. The Morgan fingerprint density at radius 2 is 1.97 bits per heavy atom. The highest BCUT2D eigenvalue weighted by atomic mass is 16.5. The molecule has 2 rings (SSSR count). The molecule has 6 nitrogen and oxygen atoms in total. The number of H-pyrrole nitrogens is 1. The fourth-order valence-electron chi connectivity index (χ4n) is 4.72. The zero-order chi connectivity index (χ0) is 22.6. The topological polar surface area (TPSA) is 61.5 Å². The van der Waals surface area contributed by atoms with Crippen molar-refractivity contribution < 1.29 is 9.53 Å². The van der Waals surface area contributed by atoms with Crippen LogP contribution in [0.4, 0.5) is 0 Å². The van der Waals surface area contributed by atoms with E-state index in [0.29, 0.717) is 36.8 Å². The Bertz CT molecular complexity index is 623. The molecule has 6 heteroatoms. The van der Waals surface area contributed by atoms with Crippen molar-refractivity contribution in [3.63, 3.8) is 0 Å². The first-order valence-corrected chi connectivity index (χ1v) is 12.4. The molecule has 0 atom stereocenters. The summed E-state index contributed by atoms with van der Waals surface area (Å²) in [5.74, 6) is 1.42. The molecule has 1 aromatic rings. The maximum absolute atomic E-state index is 13.0. The SMILES string of the molecule is CCCCN(C)Cc1cn[nH]c1C1CCC(N(CCCOC)C(=O)CCC(C)C)CC1. The molecule has 1 heterocycles. The number of carbonyl (C=O) groups excluding carboxylic acids is 1. The molecule has 0 aromatic carbocycles. The molecular formula is C25H46N4O2. The van der Waals surface area contributed by atoms with Gasteiger partial charge in [0, 0.05) is 56.4 Å². The first-order chi connectivity index (χ1) is 15.0. The van der Waals surface area contributed by atoms with Crippen LogP contribution in [0.2, 0.25) is 0 Å². The van der Waals surface area contributed by atoms with E-state index in [4.69, 9.17) is 4.74 Å². The van der Waals surface area contributed by atoms with Gasteiger partial charge in [-0.05, 0) is 64.5 Å². The number of aromatic nitrogens is 2. The number of aromatic amines is 1. The molecule has 1 aliphatic carbocycles. The number of nitrogens with zero attached hydrogens (tertiary/aromatic N) is 3. The molecule has 1 amide bonds. The number of hydrogen-bond donors (Lipinski definition) is 1. The van der Waals surface area contributed by atoms with Crippen LogP contribution in [0.3, 0.4) is 0 Å². The quantitative estimate of drug-likeness (QED) is 0.420. The number of hydrogen-bond acceptors (Lipinski definition) is 4. The second-order valence-electron chi connectivity index (χ2n) is 9.77. The van der Waals surface area contributed by atoms with Crippen LogP contribution < -0.4 is 0 Å². The average Bonchev–Trinajstić information content (AvgIpc) is 3.21. The lowest BCUT2D eigenvalue weighted by Gasteiger charge is -2.37. The highest BCUT2D eigenvalue weighted by Crippen LogP contribution is 2.36. The van der Waals surface area contributed by atoms with Crippen molar-refractivity contribution in [2.45, 2.75) is 97.1 Å². The first-order valence-electron chi connectivity index (χ1n) is 12.4. The van der Waals surface area contributed by atoms with E-state index in [1.54, 1.807) is 7.11 Å². The van der Waals surface area contributed by atoms with Gasteiger partial charge in [-0.1, -0.05) is 27.2 Å². The third-order valence-corrected chi connectivity index (χ3v) is 6.63. The maximum Gasteiger partial charge on any atom is 0.222 e. The van der Waals surface area contributed by atoms with Crippen molar-refractivity contribution in [2.75, 3.05) is 33.9 Å². The Labute approximate surface area is 190 Å². The largest absolute Gasteiger partial charge is 0.385 e. The van der Waals surface area contributed by atoms with Crippen molar-refractivity contribution in [3.05, 3.63) is 17.5 Å². The summed E-state index contributed by atoms with van der Waals surface area (Å²) in [4.78, 5) is 17.5. The fourth-order valence-corrected chi connectivity index (χ4v) is 4.72. The Balaban J connectivity index is 1.94. The van der Waals surface area contributed by atoms with Gasteiger partial charge in [0.05, 0.1) is 6.20 Å². The van der Waals surface area contributed by atoms with Gasteiger partial charge in [0.25, 0.3) is 0 Å². The van der Waals surface area contributed by atoms with Crippen LogP contribution in [0.1, 0.15) is 95.7 Å². The van der Waals surface area contributed by atoms with Crippen molar-refractivity contribution in [1.29, 1.82) is 0 Å². The van der Waals surface area contributed by atoms with Crippen LogP contribution in [0.15, 0.2) is 6.20 Å². The molecule has 0 spiro atoms. The number of amides is 1. The molecule has 0 aliphatic heterocycles. The lowest BCUT2D eigenvalue weighted by atomic mass is 9.82. The summed E-state index contributed by atoms with van der Waals surface area (Å²) >= 11 is 0. The van der Waals surface area contributed by atoms with Gasteiger partial charge in [-0.2, -0.15) is 5.10 Å². The van der Waals surface area contributed by atoms with Gasteiger partial charge in [0.1, 0.15) is 0 Å². The van der Waals surface area contributed by atoms with Gasteiger partial charge in [0.2, 0.25) is 5.91 Å². The van der Waals surface area contributed by atoms with E-state index in [2.05, 4.69) is 47.8 Å². The van der Waals surface area contributed by atoms with E-state index in [0.717, 1.165) is 58.2 Å². The Hall–Kier alpha value is -1.40. The summed E-state index contributed by atoms with van der Waals surface area (Å²) in [7, 11) is 3.93. The fraction of sp³-hybridized carbons (Fsp3) is 0.840. The molecule has 1 N–H and O–H groups in total. The molecule has 1 aromatic heterocycles. The maximum atomic E-state index is 13.0. The number of methoxy groups -OCH3 is 1. The molecule has 1 fully saturated rings. The summed E-state index contributed by atoms with van der Waals surface area (Å²) in [5, 5.41) is 7.68. The molecule has 0 unspecified atom stereocenters. The summed E-state index contributed by atoms with van der Waals surface area (Å²) in [6.45, 7) is 10.2. The molecule has 31 heavy (non-hydrogen) atoms. The zero-order valence-corrected chi connectivity index (χ0v) is 20.7. The first kappa shape index (κ1) is 25.9. The summed E-state index contributed by atoms with van der Waals surface area (Å²) in [6, 6.07) is 0.367. The predicted octanol–water partition coefficient (Wildman–Crippen LogP) is 4.97. The van der Waals surface area contributed by atoms with Crippen LogP contribution in [0, 0.1) is 5.92 Å². The second-order valence-corrected chi connectivity index (χ2v) is 9.77. The van der Waals surface area contributed by atoms with E-state index >= 15 is 0 Å². The summed E-state index contributed by atoms with van der Waals surface area (Å²) in [6.07, 6.45) is 11.4. The molecule has 0 radical (unpaired) electrons. The molecule has 178 valence electrons. The van der Waals surface area contributed by atoms with Gasteiger partial charge in [-0.15, -0.1) is 0 Å². The standard InChI is InChI=1S/C25H46N4O2/c1-6-7-15-28(4)19-22-18-26-27-25(22)21-10-12-23(13-11-21)29(16-8-17-31-5)24(30)14-9-20(2)3/h18,20-21,23H,6-17,19H2,1-5H3,(H,26,27). The van der Waals surface area contributed by atoms with Crippen LogP contribution in [-0.4, -0.2) is 65.8 Å².